The first kappa shape index (κ1) is 10.4. The molecule has 1 saturated carbocycles. The number of rotatable bonds is 3. The lowest BCUT2D eigenvalue weighted by Crippen LogP contribution is -2.57. The Labute approximate surface area is 87.8 Å². The first-order chi connectivity index (χ1) is 6.58. The summed E-state index contributed by atoms with van der Waals surface area (Å²) in [4.78, 5) is 2.70. The fourth-order valence-corrected chi connectivity index (χ4v) is 3.23. The highest BCUT2D eigenvalue weighted by atomic mass is 15.3. The van der Waals surface area contributed by atoms with Crippen LogP contribution in [0, 0.1) is 11.8 Å². The van der Waals surface area contributed by atoms with Crippen LogP contribution in [-0.4, -0.2) is 29.6 Å². The average molecular weight is 196 g/mol. The van der Waals surface area contributed by atoms with E-state index in [1.54, 1.807) is 0 Å². The monoisotopic (exact) mass is 196 g/mol. The number of nitrogens with two attached hydrogens (primary N) is 1. The average Bonchev–Trinajstić information content (AvgIpc) is 2.77. The van der Waals surface area contributed by atoms with Gasteiger partial charge >= 0.3 is 0 Å². The van der Waals surface area contributed by atoms with Crippen molar-refractivity contribution in [3.63, 3.8) is 0 Å². The molecule has 0 amide bonds. The van der Waals surface area contributed by atoms with E-state index in [1.807, 2.05) is 0 Å². The highest BCUT2D eigenvalue weighted by molar-refractivity contribution is 5.02. The molecule has 0 spiro atoms. The summed E-state index contributed by atoms with van der Waals surface area (Å²) >= 11 is 0. The number of fused-ring (bicyclic) bond motifs is 2. The van der Waals surface area contributed by atoms with Gasteiger partial charge < -0.3 is 5.73 Å². The highest BCUT2D eigenvalue weighted by Gasteiger charge is 2.46. The van der Waals surface area contributed by atoms with Gasteiger partial charge in [-0.15, -0.1) is 0 Å². The van der Waals surface area contributed by atoms with Gasteiger partial charge in [0.25, 0.3) is 0 Å². The normalized spacial score (nSPS) is 36.6. The Morgan fingerprint density at radius 2 is 2.14 bits per heavy atom. The minimum atomic E-state index is 0.236. The van der Waals surface area contributed by atoms with Crippen LogP contribution in [0.2, 0.25) is 0 Å². The molecule has 2 aliphatic rings. The minimum absolute atomic E-state index is 0.236. The van der Waals surface area contributed by atoms with Crippen molar-refractivity contribution >= 4 is 0 Å². The summed E-state index contributed by atoms with van der Waals surface area (Å²) in [5.74, 6) is 1.64. The lowest BCUT2D eigenvalue weighted by atomic mass is 9.85. The van der Waals surface area contributed by atoms with E-state index in [0.717, 1.165) is 18.5 Å². The maximum Gasteiger partial charge on any atom is 0.0329 e. The molecule has 0 aromatic heterocycles. The van der Waals surface area contributed by atoms with Crippen LogP contribution in [0.4, 0.5) is 0 Å². The van der Waals surface area contributed by atoms with E-state index in [9.17, 15) is 0 Å². The van der Waals surface area contributed by atoms with Gasteiger partial charge in [0.05, 0.1) is 0 Å². The van der Waals surface area contributed by atoms with Crippen LogP contribution in [0.15, 0.2) is 0 Å². The molecule has 0 aromatic carbocycles. The quantitative estimate of drug-likeness (QED) is 0.746. The summed E-state index contributed by atoms with van der Waals surface area (Å²) < 4.78 is 0. The number of likely N-dealkylation sites (tertiary alicyclic amines) is 1. The molecule has 1 heterocycles. The Balaban J connectivity index is 2.13. The SMILES string of the molecule is CC(C)C(C)(CN)N1CC2CCC1C2. The molecular formula is C12H24N2. The number of hydrogen-bond acceptors (Lipinski definition) is 2. The molecule has 82 valence electrons. The van der Waals surface area contributed by atoms with Crippen LogP contribution >= 0.6 is 0 Å². The zero-order valence-corrected chi connectivity index (χ0v) is 9.79. The van der Waals surface area contributed by atoms with Crippen molar-refractivity contribution in [1.82, 2.24) is 4.90 Å². The topological polar surface area (TPSA) is 29.3 Å². The van der Waals surface area contributed by atoms with Crippen LogP contribution in [0.3, 0.4) is 0 Å². The zero-order valence-electron chi connectivity index (χ0n) is 9.79. The summed E-state index contributed by atoms with van der Waals surface area (Å²) in [6.07, 6.45) is 4.30. The fraction of sp³-hybridized carbons (Fsp3) is 1.00. The second kappa shape index (κ2) is 3.49. The Kier molecular flexibility index (Phi) is 2.61. The van der Waals surface area contributed by atoms with Gasteiger partial charge in [-0.3, -0.25) is 4.90 Å². The van der Waals surface area contributed by atoms with Crippen molar-refractivity contribution in [3.8, 4) is 0 Å². The van der Waals surface area contributed by atoms with Crippen molar-refractivity contribution < 1.29 is 0 Å². The minimum Gasteiger partial charge on any atom is -0.329 e. The molecule has 3 atom stereocenters. The molecule has 2 heteroatoms. The molecule has 14 heavy (non-hydrogen) atoms. The molecular weight excluding hydrogens is 172 g/mol. The fourth-order valence-electron chi connectivity index (χ4n) is 3.23. The molecule has 2 bridgehead atoms. The van der Waals surface area contributed by atoms with Crippen LogP contribution < -0.4 is 5.73 Å². The summed E-state index contributed by atoms with van der Waals surface area (Å²) in [5, 5.41) is 0. The van der Waals surface area contributed by atoms with Crippen molar-refractivity contribution in [1.29, 1.82) is 0 Å². The van der Waals surface area contributed by atoms with Gasteiger partial charge in [-0.05, 0) is 38.0 Å². The third-order valence-corrected chi connectivity index (χ3v) is 4.72. The van der Waals surface area contributed by atoms with Crippen molar-refractivity contribution in [3.05, 3.63) is 0 Å². The number of hydrogen-bond donors (Lipinski definition) is 1. The third kappa shape index (κ3) is 1.40. The highest BCUT2D eigenvalue weighted by Crippen LogP contribution is 2.42. The molecule has 2 rings (SSSR count). The summed E-state index contributed by atoms with van der Waals surface area (Å²) in [6.45, 7) is 9.06. The van der Waals surface area contributed by atoms with Crippen LogP contribution in [0.25, 0.3) is 0 Å². The molecule has 0 aromatic rings. The van der Waals surface area contributed by atoms with Gasteiger partial charge in [0.1, 0.15) is 0 Å². The molecule has 2 N–H and O–H groups in total. The Hall–Kier alpha value is -0.0800. The predicted octanol–water partition coefficient (Wildman–Crippen LogP) is 1.84. The van der Waals surface area contributed by atoms with E-state index in [2.05, 4.69) is 25.7 Å². The number of piperidine rings is 1. The lowest BCUT2D eigenvalue weighted by Gasteiger charge is -2.46. The standard InChI is InChI=1S/C12H24N2/c1-9(2)12(3,8-13)14-7-10-4-5-11(14)6-10/h9-11H,4-8,13H2,1-3H3. The van der Waals surface area contributed by atoms with Crippen LogP contribution in [0.1, 0.15) is 40.0 Å². The largest absolute Gasteiger partial charge is 0.329 e. The van der Waals surface area contributed by atoms with Crippen molar-refractivity contribution in [2.75, 3.05) is 13.1 Å². The van der Waals surface area contributed by atoms with Gasteiger partial charge in [0, 0.05) is 24.7 Å². The van der Waals surface area contributed by atoms with E-state index >= 15 is 0 Å². The van der Waals surface area contributed by atoms with Crippen LogP contribution in [-0.2, 0) is 0 Å². The molecule has 1 saturated heterocycles. The molecule has 3 unspecified atom stereocenters. The summed E-state index contributed by atoms with van der Waals surface area (Å²) in [5.41, 5.74) is 6.21. The van der Waals surface area contributed by atoms with Gasteiger partial charge in [-0.1, -0.05) is 13.8 Å². The Morgan fingerprint density at radius 3 is 2.50 bits per heavy atom. The molecule has 0 radical (unpaired) electrons. The van der Waals surface area contributed by atoms with Gasteiger partial charge in [0.2, 0.25) is 0 Å². The van der Waals surface area contributed by atoms with E-state index in [4.69, 9.17) is 5.73 Å². The first-order valence-corrected chi connectivity index (χ1v) is 6.04. The van der Waals surface area contributed by atoms with Crippen molar-refractivity contribution in [2.24, 2.45) is 17.6 Å². The predicted molar refractivity (Wildman–Crippen MR) is 60.1 cm³/mol. The second-order valence-electron chi connectivity index (χ2n) is 5.70. The number of nitrogens with zero attached hydrogens (tertiary/aromatic N) is 1. The third-order valence-electron chi connectivity index (χ3n) is 4.72. The molecule has 2 fully saturated rings. The van der Waals surface area contributed by atoms with E-state index in [-0.39, 0.29) is 5.54 Å². The maximum atomic E-state index is 5.98. The zero-order chi connectivity index (χ0) is 10.3. The van der Waals surface area contributed by atoms with Gasteiger partial charge in [-0.2, -0.15) is 0 Å². The second-order valence-corrected chi connectivity index (χ2v) is 5.70. The smallest absolute Gasteiger partial charge is 0.0329 e. The van der Waals surface area contributed by atoms with E-state index in [0.29, 0.717) is 5.92 Å². The maximum absolute atomic E-state index is 5.98. The van der Waals surface area contributed by atoms with Crippen molar-refractivity contribution in [2.45, 2.75) is 51.6 Å². The summed E-state index contributed by atoms with van der Waals surface area (Å²) in [7, 11) is 0. The summed E-state index contributed by atoms with van der Waals surface area (Å²) in [6, 6.07) is 0.843. The molecule has 1 aliphatic carbocycles. The molecule has 2 nitrogen and oxygen atoms in total. The van der Waals surface area contributed by atoms with E-state index in [1.165, 1.54) is 25.8 Å². The van der Waals surface area contributed by atoms with Crippen LogP contribution in [0.5, 0.6) is 0 Å². The lowest BCUT2D eigenvalue weighted by molar-refractivity contribution is 0.0383. The Bertz CT molecular complexity index is 214. The Morgan fingerprint density at radius 1 is 1.43 bits per heavy atom. The molecule has 1 aliphatic heterocycles. The first-order valence-electron chi connectivity index (χ1n) is 6.04. The van der Waals surface area contributed by atoms with E-state index < -0.39 is 0 Å². The van der Waals surface area contributed by atoms with Gasteiger partial charge in [0.15, 0.2) is 0 Å². The van der Waals surface area contributed by atoms with Gasteiger partial charge in [-0.25, -0.2) is 0 Å².